The summed E-state index contributed by atoms with van der Waals surface area (Å²) in [4.78, 5) is 25.1. The van der Waals surface area contributed by atoms with Gasteiger partial charge in [-0.05, 0) is 56.4 Å². The van der Waals surface area contributed by atoms with Crippen molar-refractivity contribution in [2.45, 2.75) is 71.1 Å². The zero-order chi connectivity index (χ0) is 28.7. The highest BCUT2D eigenvalue weighted by atomic mass is 16.6. The molecule has 0 unspecified atom stereocenters. The predicted molar refractivity (Wildman–Crippen MR) is 149 cm³/mol. The molecule has 1 aliphatic rings. The molecule has 2 amide bonds. The fourth-order valence-electron chi connectivity index (χ4n) is 4.51. The van der Waals surface area contributed by atoms with Crippen LogP contribution in [0.3, 0.4) is 0 Å². The molecule has 1 heterocycles. The van der Waals surface area contributed by atoms with Gasteiger partial charge in [-0.25, -0.2) is 9.59 Å². The summed E-state index contributed by atoms with van der Waals surface area (Å²) < 4.78 is 22.5. The van der Waals surface area contributed by atoms with E-state index in [2.05, 4.69) is 52.0 Å². The van der Waals surface area contributed by atoms with Crippen LogP contribution < -0.4 is 10.6 Å². The predicted octanol–water partition coefficient (Wildman–Crippen LogP) is 6.05. The molecule has 1 aromatic heterocycles. The lowest BCUT2D eigenvalue weighted by Crippen LogP contribution is -2.37. The molecule has 40 heavy (non-hydrogen) atoms. The maximum Gasteiger partial charge on any atom is 0.408 e. The monoisotopic (exact) mass is 550 g/mol. The van der Waals surface area contributed by atoms with Gasteiger partial charge in [-0.1, -0.05) is 61.9 Å². The van der Waals surface area contributed by atoms with Crippen molar-refractivity contribution in [3.63, 3.8) is 0 Å². The number of fused-ring (bicyclic) bond motifs is 3. The molecule has 2 atom stereocenters. The number of hydrogen-bond donors (Lipinski definition) is 2. The second-order valence-corrected chi connectivity index (χ2v) is 10.8. The number of ether oxygens (including phenoxy) is 3. The minimum Gasteiger partial charge on any atom is -0.449 e. The molecule has 3 aromatic rings. The zero-order valence-electron chi connectivity index (χ0n) is 23.7. The first-order valence-corrected chi connectivity index (χ1v) is 13.7. The average molecular weight is 551 g/mol. The smallest absolute Gasteiger partial charge is 0.408 e. The lowest BCUT2D eigenvalue weighted by atomic mass is 9.98. The maximum absolute atomic E-state index is 12.7. The van der Waals surface area contributed by atoms with E-state index in [9.17, 15) is 9.59 Å². The van der Waals surface area contributed by atoms with Crippen LogP contribution in [0.25, 0.3) is 11.1 Å². The van der Waals surface area contributed by atoms with Crippen LogP contribution in [0.15, 0.2) is 52.9 Å². The maximum atomic E-state index is 12.7. The molecule has 10 heteroatoms. The normalized spacial score (nSPS) is 14.1. The Bertz CT molecular complexity index is 1260. The molecular weight excluding hydrogens is 512 g/mol. The van der Waals surface area contributed by atoms with Gasteiger partial charge in [0.1, 0.15) is 24.3 Å². The Kier molecular flexibility index (Phi) is 9.42. The summed E-state index contributed by atoms with van der Waals surface area (Å²) in [5.41, 5.74) is 3.92. The topological polar surface area (TPSA) is 125 Å². The van der Waals surface area contributed by atoms with Crippen molar-refractivity contribution in [3.8, 4) is 11.1 Å². The molecule has 0 spiro atoms. The van der Waals surface area contributed by atoms with Crippen LogP contribution in [0.4, 0.5) is 9.59 Å². The van der Waals surface area contributed by atoms with Gasteiger partial charge in [0.2, 0.25) is 11.8 Å². The highest BCUT2D eigenvalue weighted by Gasteiger charge is 2.30. The molecule has 0 bridgehead atoms. The summed E-state index contributed by atoms with van der Waals surface area (Å²) in [5, 5.41) is 13.7. The fourth-order valence-corrected chi connectivity index (χ4v) is 4.51. The summed E-state index contributed by atoms with van der Waals surface area (Å²) in [6, 6.07) is 15.0. The number of alkyl carbamates (subject to hydrolysis) is 2. The highest BCUT2D eigenvalue weighted by molar-refractivity contribution is 5.79. The first-order chi connectivity index (χ1) is 19.2. The Balaban J connectivity index is 1.36. The Hall–Kier alpha value is -3.92. The second kappa shape index (κ2) is 13.0. The summed E-state index contributed by atoms with van der Waals surface area (Å²) in [6.45, 7) is 9.97. The largest absolute Gasteiger partial charge is 0.449 e. The van der Waals surface area contributed by atoms with Crippen molar-refractivity contribution < 1.29 is 28.2 Å². The van der Waals surface area contributed by atoms with E-state index in [-0.39, 0.29) is 30.9 Å². The van der Waals surface area contributed by atoms with Crippen LogP contribution in [0, 0.1) is 0 Å². The molecule has 0 fully saturated rings. The number of nitrogens with zero attached hydrogens (tertiary/aromatic N) is 2. The van der Waals surface area contributed by atoms with E-state index in [0.717, 1.165) is 35.1 Å². The number of carbonyl (C=O) groups excluding carboxylic acids is 2. The van der Waals surface area contributed by atoms with E-state index in [1.807, 2.05) is 24.3 Å². The number of nitrogens with one attached hydrogen (secondary N) is 2. The number of carbonyl (C=O) groups is 2. The summed E-state index contributed by atoms with van der Waals surface area (Å²) in [6.07, 6.45) is 0.644. The van der Waals surface area contributed by atoms with E-state index in [0.29, 0.717) is 6.61 Å². The number of unbranched alkanes of at least 4 members (excludes halogenated alkanes) is 1. The third-order valence-electron chi connectivity index (χ3n) is 6.42. The molecule has 10 nitrogen and oxygen atoms in total. The van der Waals surface area contributed by atoms with Gasteiger partial charge < -0.3 is 29.3 Å². The van der Waals surface area contributed by atoms with Crippen molar-refractivity contribution in [1.29, 1.82) is 0 Å². The van der Waals surface area contributed by atoms with Crippen LogP contribution in [0.1, 0.15) is 88.4 Å². The standard InChI is InChI=1S/C30H38N4O6/c1-6-7-16-37-18-25(32-29(36)40-30(3,4)5)27-34-33-26(39-27)19(2)31-28(35)38-17-24-22-14-10-8-12-20(22)21-13-9-11-15-23(21)24/h8-15,19,24-25H,6-7,16-18H2,1-5H3,(H,31,35)(H,32,36)/t19-,25-/m0/s1. The molecule has 1 aliphatic carbocycles. The van der Waals surface area contributed by atoms with Crippen LogP contribution in [-0.4, -0.2) is 47.8 Å². The van der Waals surface area contributed by atoms with E-state index in [1.165, 1.54) is 0 Å². The van der Waals surface area contributed by atoms with Crippen LogP contribution in [0.5, 0.6) is 0 Å². The van der Waals surface area contributed by atoms with Crippen molar-refractivity contribution in [2.24, 2.45) is 0 Å². The highest BCUT2D eigenvalue weighted by Crippen LogP contribution is 2.44. The number of benzene rings is 2. The van der Waals surface area contributed by atoms with E-state index >= 15 is 0 Å². The summed E-state index contributed by atoms with van der Waals surface area (Å²) in [5.74, 6) is 0.280. The molecule has 0 radical (unpaired) electrons. The van der Waals surface area contributed by atoms with Crippen LogP contribution >= 0.6 is 0 Å². The third-order valence-corrected chi connectivity index (χ3v) is 6.42. The third kappa shape index (κ3) is 7.38. The van der Waals surface area contributed by atoms with Crippen molar-refractivity contribution in [2.75, 3.05) is 19.8 Å². The van der Waals surface area contributed by atoms with E-state index < -0.39 is 29.9 Å². The lowest BCUT2D eigenvalue weighted by molar-refractivity contribution is 0.0417. The van der Waals surface area contributed by atoms with Gasteiger partial charge in [-0.15, -0.1) is 10.2 Å². The van der Waals surface area contributed by atoms with Crippen molar-refractivity contribution in [1.82, 2.24) is 20.8 Å². The first-order valence-electron chi connectivity index (χ1n) is 13.7. The SMILES string of the molecule is CCCCOC[C@H](NC(=O)OC(C)(C)C)c1nnc([C@H](C)NC(=O)OCC2c3ccccc3-c3ccccc32)o1. The van der Waals surface area contributed by atoms with Gasteiger partial charge in [0.15, 0.2) is 0 Å². The van der Waals surface area contributed by atoms with Gasteiger partial charge in [-0.2, -0.15) is 0 Å². The minimum atomic E-state index is -0.713. The van der Waals surface area contributed by atoms with Gasteiger partial charge in [0.25, 0.3) is 0 Å². The van der Waals surface area contributed by atoms with E-state index in [1.54, 1.807) is 27.7 Å². The molecule has 214 valence electrons. The molecular formula is C30H38N4O6. The van der Waals surface area contributed by atoms with Crippen LogP contribution in [0.2, 0.25) is 0 Å². The molecule has 4 rings (SSSR count). The number of amides is 2. The second-order valence-electron chi connectivity index (χ2n) is 10.8. The van der Waals surface area contributed by atoms with Crippen LogP contribution in [-0.2, 0) is 14.2 Å². The Morgan fingerprint density at radius 1 is 0.950 bits per heavy atom. The van der Waals surface area contributed by atoms with Gasteiger partial charge in [0, 0.05) is 12.5 Å². The van der Waals surface area contributed by atoms with Crippen molar-refractivity contribution in [3.05, 3.63) is 71.4 Å². The van der Waals surface area contributed by atoms with Gasteiger partial charge in [0.05, 0.1) is 6.61 Å². The molecule has 0 aliphatic heterocycles. The Morgan fingerprint density at radius 3 is 2.20 bits per heavy atom. The quantitative estimate of drug-likeness (QED) is 0.276. The average Bonchev–Trinajstić information content (AvgIpc) is 3.52. The van der Waals surface area contributed by atoms with Gasteiger partial charge in [-0.3, -0.25) is 0 Å². The number of hydrogen-bond acceptors (Lipinski definition) is 8. The summed E-state index contributed by atoms with van der Waals surface area (Å²) >= 11 is 0. The number of aromatic nitrogens is 2. The fraction of sp³-hybridized carbons (Fsp3) is 0.467. The first kappa shape index (κ1) is 29.1. The number of rotatable bonds is 11. The van der Waals surface area contributed by atoms with Gasteiger partial charge >= 0.3 is 12.2 Å². The minimum absolute atomic E-state index is 0.0455. The summed E-state index contributed by atoms with van der Waals surface area (Å²) in [7, 11) is 0. The Labute approximate surface area is 234 Å². The molecule has 0 saturated carbocycles. The zero-order valence-corrected chi connectivity index (χ0v) is 23.7. The molecule has 2 aromatic carbocycles. The lowest BCUT2D eigenvalue weighted by Gasteiger charge is -2.22. The molecule has 0 saturated heterocycles. The Morgan fingerprint density at radius 2 is 1.57 bits per heavy atom. The molecule has 2 N–H and O–H groups in total. The van der Waals surface area contributed by atoms with Crippen molar-refractivity contribution >= 4 is 12.2 Å². The van der Waals surface area contributed by atoms with E-state index in [4.69, 9.17) is 18.6 Å².